The van der Waals surface area contributed by atoms with E-state index in [0.29, 0.717) is 10.2 Å². The van der Waals surface area contributed by atoms with Crippen LogP contribution in [0.4, 0.5) is 0 Å². The Labute approximate surface area is 83.3 Å². The zero-order valence-electron chi connectivity index (χ0n) is 6.97. The molecule has 0 aliphatic heterocycles. The van der Waals surface area contributed by atoms with Crippen LogP contribution in [-0.4, -0.2) is 15.8 Å². The van der Waals surface area contributed by atoms with Crippen molar-refractivity contribution in [3.05, 3.63) is 28.6 Å². The van der Waals surface area contributed by atoms with Crippen LogP contribution in [-0.2, 0) is 0 Å². The minimum absolute atomic E-state index is 0.0416. The van der Waals surface area contributed by atoms with Gasteiger partial charge in [0.05, 0.1) is 5.52 Å². The molecule has 1 N–H and O–H groups in total. The predicted molar refractivity (Wildman–Crippen MR) is 53.8 cm³/mol. The summed E-state index contributed by atoms with van der Waals surface area (Å²) < 4.78 is 0.705. The van der Waals surface area contributed by atoms with Gasteiger partial charge in [0.25, 0.3) is 0 Å². The Morgan fingerprint density at radius 3 is 3.08 bits per heavy atom. The molecular formula is C9H7BrN2O. The highest BCUT2D eigenvalue weighted by Gasteiger charge is 2.10. The van der Waals surface area contributed by atoms with E-state index in [1.807, 2.05) is 6.07 Å². The van der Waals surface area contributed by atoms with E-state index < -0.39 is 0 Å². The summed E-state index contributed by atoms with van der Waals surface area (Å²) in [5, 5.41) is 0.856. The summed E-state index contributed by atoms with van der Waals surface area (Å²) in [4.78, 5) is 18.3. The lowest BCUT2D eigenvalue weighted by Gasteiger charge is -1.94. The molecule has 0 amide bonds. The topological polar surface area (TPSA) is 45.8 Å². The van der Waals surface area contributed by atoms with Gasteiger partial charge in [-0.15, -0.1) is 0 Å². The number of H-pyrrole nitrogens is 1. The Kier molecular flexibility index (Phi) is 1.92. The average Bonchev–Trinajstić information content (AvgIpc) is 2.49. The van der Waals surface area contributed by atoms with Crippen molar-refractivity contribution in [3.8, 4) is 0 Å². The molecule has 13 heavy (non-hydrogen) atoms. The molecule has 0 aliphatic carbocycles. The van der Waals surface area contributed by atoms with Gasteiger partial charge in [-0.1, -0.05) is 0 Å². The van der Waals surface area contributed by atoms with Crippen molar-refractivity contribution in [2.24, 2.45) is 0 Å². The number of fused-ring (bicyclic) bond motifs is 1. The number of pyridine rings is 1. The Balaban J connectivity index is 2.86. The summed E-state index contributed by atoms with van der Waals surface area (Å²) in [6.45, 7) is 1.54. The van der Waals surface area contributed by atoms with Crippen molar-refractivity contribution >= 4 is 32.6 Å². The lowest BCUT2D eigenvalue weighted by molar-refractivity contribution is 0.101. The molecule has 3 nitrogen and oxygen atoms in total. The fourth-order valence-electron chi connectivity index (χ4n) is 1.31. The van der Waals surface area contributed by atoms with Gasteiger partial charge < -0.3 is 4.98 Å². The number of nitrogens with zero attached hydrogens (tertiary/aromatic N) is 1. The number of carbonyl (C=O) groups excluding carboxylic acids is 1. The minimum atomic E-state index is 0.0416. The summed E-state index contributed by atoms with van der Waals surface area (Å²) in [7, 11) is 0. The third kappa shape index (κ3) is 1.27. The van der Waals surface area contributed by atoms with Crippen LogP contribution in [0.25, 0.3) is 10.9 Å². The number of aromatic amines is 1. The van der Waals surface area contributed by atoms with Gasteiger partial charge in [0.2, 0.25) is 0 Å². The highest BCUT2D eigenvalue weighted by atomic mass is 79.9. The number of ketones is 1. The standard InChI is InChI=1S/C9H7BrN2O/c1-5(13)6-4-12-7-2-3-11-9(10)8(6)7/h2-4,12H,1H3. The highest BCUT2D eigenvalue weighted by Crippen LogP contribution is 2.24. The van der Waals surface area contributed by atoms with E-state index in [-0.39, 0.29) is 5.78 Å². The maximum absolute atomic E-state index is 11.2. The molecular weight excluding hydrogens is 232 g/mol. The van der Waals surface area contributed by atoms with Crippen LogP contribution in [0.5, 0.6) is 0 Å². The number of Topliss-reactive ketones (excluding diaryl/α,β-unsaturated/α-hetero) is 1. The van der Waals surface area contributed by atoms with Crippen molar-refractivity contribution in [3.63, 3.8) is 0 Å². The minimum Gasteiger partial charge on any atom is -0.360 e. The van der Waals surface area contributed by atoms with Crippen LogP contribution in [0, 0.1) is 0 Å². The summed E-state index contributed by atoms with van der Waals surface area (Å²) in [6, 6.07) is 1.84. The van der Waals surface area contributed by atoms with Crippen molar-refractivity contribution < 1.29 is 4.79 Å². The fourth-order valence-corrected chi connectivity index (χ4v) is 1.86. The monoisotopic (exact) mass is 238 g/mol. The first kappa shape index (κ1) is 8.44. The zero-order valence-corrected chi connectivity index (χ0v) is 8.55. The Bertz CT molecular complexity index is 475. The smallest absolute Gasteiger partial charge is 0.162 e. The molecule has 0 saturated carbocycles. The van der Waals surface area contributed by atoms with Gasteiger partial charge in [0, 0.05) is 23.3 Å². The van der Waals surface area contributed by atoms with E-state index >= 15 is 0 Å². The van der Waals surface area contributed by atoms with Crippen molar-refractivity contribution in [1.29, 1.82) is 0 Å². The Morgan fingerprint density at radius 1 is 1.62 bits per heavy atom. The van der Waals surface area contributed by atoms with Crippen LogP contribution < -0.4 is 0 Å². The van der Waals surface area contributed by atoms with Gasteiger partial charge in [-0.3, -0.25) is 4.79 Å². The van der Waals surface area contributed by atoms with Crippen LogP contribution >= 0.6 is 15.9 Å². The maximum Gasteiger partial charge on any atom is 0.162 e. The van der Waals surface area contributed by atoms with Crippen LogP contribution in [0.3, 0.4) is 0 Å². The number of hydrogen-bond acceptors (Lipinski definition) is 2. The molecule has 0 aromatic carbocycles. The SMILES string of the molecule is CC(=O)c1c[nH]c2ccnc(Br)c12. The number of aromatic nitrogens is 2. The van der Waals surface area contributed by atoms with E-state index in [0.717, 1.165) is 10.9 Å². The van der Waals surface area contributed by atoms with Gasteiger partial charge in [-0.25, -0.2) is 4.98 Å². The van der Waals surface area contributed by atoms with Gasteiger partial charge in [-0.05, 0) is 28.9 Å². The average molecular weight is 239 g/mol. The van der Waals surface area contributed by atoms with Gasteiger partial charge in [-0.2, -0.15) is 0 Å². The van der Waals surface area contributed by atoms with Crippen molar-refractivity contribution in [2.75, 3.05) is 0 Å². The Hall–Kier alpha value is -1.16. The molecule has 2 aromatic heterocycles. The summed E-state index contributed by atoms with van der Waals surface area (Å²) in [6.07, 6.45) is 3.40. The molecule has 0 unspecified atom stereocenters. The number of nitrogens with one attached hydrogen (secondary N) is 1. The number of carbonyl (C=O) groups is 1. The van der Waals surface area contributed by atoms with Crippen molar-refractivity contribution in [1.82, 2.24) is 9.97 Å². The van der Waals surface area contributed by atoms with Crippen LogP contribution in [0.15, 0.2) is 23.1 Å². The molecule has 66 valence electrons. The lowest BCUT2D eigenvalue weighted by atomic mass is 10.2. The molecule has 2 rings (SSSR count). The first-order valence-corrected chi connectivity index (χ1v) is 4.62. The van der Waals surface area contributed by atoms with E-state index in [1.54, 1.807) is 19.3 Å². The van der Waals surface area contributed by atoms with E-state index in [1.165, 1.54) is 0 Å². The second-order valence-electron chi connectivity index (χ2n) is 2.78. The number of rotatable bonds is 1. The summed E-state index contributed by atoms with van der Waals surface area (Å²) >= 11 is 3.31. The second-order valence-corrected chi connectivity index (χ2v) is 3.53. The maximum atomic E-state index is 11.2. The number of hydrogen-bond donors (Lipinski definition) is 1. The normalized spacial score (nSPS) is 10.6. The molecule has 0 aliphatic rings. The van der Waals surface area contributed by atoms with Crippen LogP contribution in [0.2, 0.25) is 0 Å². The quantitative estimate of drug-likeness (QED) is 0.613. The van der Waals surface area contributed by atoms with E-state index in [9.17, 15) is 4.79 Å². The van der Waals surface area contributed by atoms with Gasteiger partial charge in [0.1, 0.15) is 4.60 Å². The number of halogens is 1. The first-order chi connectivity index (χ1) is 6.20. The van der Waals surface area contributed by atoms with Crippen molar-refractivity contribution in [2.45, 2.75) is 6.92 Å². The molecule has 0 spiro atoms. The molecule has 0 fully saturated rings. The molecule has 4 heteroatoms. The molecule has 0 atom stereocenters. The van der Waals surface area contributed by atoms with Gasteiger partial charge >= 0.3 is 0 Å². The third-order valence-electron chi connectivity index (χ3n) is 1.93. The predicted octanol–water partition coefficient (Wildman–Crippen LogP) is 2.53. The molecule has 0 saturated heterocycles. The summed E-state index contributed by atoms with van der Waals surface area (Å²) in [5.41, 5.74) is 1.60. The zero-order chi connectivity index (χ0) is 9.42. The molecule has 0 bridgehead atoms. The highest BCUT2D eigenvalue weighted by molar-refractivity contribution is 9.10. The lowest BCUT2D eigenvalue weighted by Crippen LogP contribution is -1.89. The second kappa shape index (κ2) is 2.96. The molecule has 0 radical (unpaired) electrons. The van der Waals surface area contributed by atoms with E-state index in [2.05, 4.69) is 25.9 Å². The molecule has 2 aromatic rings. The largest absolute Gasteiger partial charge is 0.360 e. The van der Waals surface area contributed by atoms with Gasteiger partial charge in [0.15, 0.2) is 5.78 Å². The Morgan fingerprint density at radius 2 is 2.38 bits per heavy atom. The first-order valence-electron chi connectivity index (χ1n) is 3.82. The van der Waals surface area contributed by atoms with Crippen LogP contribution in [0.1, 0.15) is 17.3 Å². The summed E-state index contributed by atoms with van der Waals surface area (Å²) in [5.74, 6) is 0.0416. The van der Waals surface area contributed by atoms with E-state index in [4.69, 9.17) is 0 Å². The third-order valence-corrected chi connectivity index (χ3v) is 2.53. The molecule has 2 heterocycles. The fraction of sp³-hybridized carbons (Fsp3) is 0.111.